The van der Waals surface area contributed by atoms with Gasteiger partial charge in [0, 0.05) is 49.9 Å². The van der Waals surface area contributed by atoms with E-state index in [0.717, 1.165) is 23.7 Å². The Morgan fingerprint density at radius 3 is 2.79 bits per heavy atom. The zero-order valence-corrected chi connectivity index (χ0v) is 16.0. The van der Waals surface area contributed by atoms with Crippen LogP contribution in [0.3, 0.4) is 0 Å². The number of anilines is 1. The molecule has 0 bridgehead atoms. The van der Waals surface area contributed by atoms with Gasteiger partial charge in [-0.25, -0.2) is 8.78 Å². The molecule has 3 heterocycles. The Hall–Kier alpha value is -2.48. The minimum absolute atomic E-state index is 0.0413. The number of carbonyl (C=O) groups excluding carboxylic acids is 1. The SMILES string of the molecule is C[C@@H]1Cc2c(C(=O)N3CCCN(c4ccc(F)c(F)c4)CC3)n[nH]c2[C@H](C)O1. The standard InChI is InChI=1S/C20H24F2N4O2/c1-12-10-15-18(13(2)28-12)23-24-19(15)20(27)26-7-3-6-25(8-9-26)14-4-5-16(21)17(22)11-14/h4-5,11-13H,3,6-10H2,1-2H3,(H,23,24)/t12-,13+/m1/s1. The van der Waals surface area contributed by atoms with Crippen molar-refractivity contribution in [2.45, 2.75) is 38.9 Å². The smallest absolute Gasteiger partial charge is 0.274 e. The Labute approximate surface area is 162 Å². The maximum atomic E-state index is 13.6. The van der Waals surface area contributed by atoms with Crippen molar-refractivity contribution in [2.75, 3.05) is 31.1 Å². The number of amides is 1. The third-order valence-electron chi connectivity index (χ3n) is 5.49. The molecule has 150 valence electrons. The number of aromatic nitrogens is 2. The molecule has 0 saturated carbocycles. The van der Waals surface area contributed by atoms with Crippen LogP contribution in [0.4, 0.5) is 14.5 Å². The molecule has 1 amide bonds. The Bertz CT molecular complexity index is 885. The lowest BCUT2D eigenvalue weighted by atomic mass is 9.99. The van der Waals surface area contributed by atoms with Crippen LogP contribution < -0.4 is 4.90 Å². The summed E-state index contributed by atoms with van der Waals surface area (Å²) in [4.78, 5) is 16.9. The van der Waals surface area contributed by atoms with Crippen molar-refractivity contribution in [3.05, 3.63) is 46.8 Å². The zero-order valence-electron chi connectivity index (χ0n) is 16.0. The number of hydrogen-bond donors (Lipinski definition) is 1. The van der Waals surface area contributed by atoms with E-state index in [1.165, 1.54) is 6.07 Å². The molecule has 0 unspecified atom stereocenters. The summed E-state index contributed by atoms with van der Waals surface area (Å²) in [5, 5.41) is 7.25. The van der Waals surface area contributed by atoms with Crippen LogP contribution in [-0.2, 0) is 11.2 Å². The summed E-state index contributed by atoms with van der Waals surface area (Å²) >= 11 is 0. The Morgan fingerprint density at radius 1 is 1.18 bits per heavy atom. The molecule has 1 saturated heterocycles. The zero-order chi connectivity index (χ0) is 19.8. The molecular formula is C20H24F2N4O2. The number of fused-ring (bicyclic) bond motifs is 1. The van der Waals surface area contributed by atoms with Gasteiger partial charge in [0.2, 0.25) is 0 Å². The molecule has 28 heavy (non-hydrogen) atoms. The molecule has 2 aromatic rings. The summed E-state index contributed by atoms with van der Waals surface area (Å²) in [5.41, 5.74) is 2.92. The molecule has 6 nitrogen and oxygen atoms in total. The highest BCUT2D eigenvalue weighted by Gasteiger charge is 2.32. The second-order valence-electron chi connectivity index (χ2n) is 7.49. The lowest BCUT2D eigenvalue weighted by Crippen LogP contribution is -2.36. The molecule has 1 fully saturated rings. The van der Waals surface area contributed by atoms with E-state index in [1.54, 1.807) is 11.0 Å². The van der Waals surface area contributed by atoms with Gasteiger partial charge < -0.3 is 14.5 Å². The summed E-state index contributed by atoms with van der Waals surface area (Å²) < 4.78 is 32.6. The van der Waals surface area contributed by atoms with Gasteiger partial charge in [0.05, 0.1) is 17.9 Å². The predicted octanol–water partition coefficient (Wildman–Crippen LogP) is 3.06. The maximum absolute atomic E-state index is 13.6. The number of H-pyrrole nitrogens is 1. The number of nitrogens with one attached hydrogen (secondary N) is 1. The Balaban J connectivity index is 1.49. The maximum Gasteiger partial charge on any atom is 0.274 e. The Kier molecular flexibility index (Phi) is 5.05. The van der Waals surface area contributed by atoms with E-state index < -0.39 is 11.6 Å². The summed E-state index contributed by atoms with van der Waals surface area (Å²) in [7, 11) is 0. The van der Waals surface area contributed by atoms with Crippen molar-refractivity contribution in [3.63, 3.8) is 0 Å². The average molecular weight is 390 g/mol. The van der Waals surface area contributed by atoms with Gasteiger partial charge in [-0.1, -0.05) is 0 Å². The predicted molar refractivity (Wildman–Crippen MR) is 100 cm³/mol. The second-order valence-corrected chi connectivity index (χ2v) is 7.49. The lowest BCUT2D eigenvalue weighted by molar-refractivity contribution is -0.00701. The number of halogens is 2. The van der Waals surface area contributed by atoms with Crippen molar-refractivity contribution in [1.82, 2.24) is 15.1 Å². The van der Waals surface area contributed by atoms with Crippen LogP contribution in [0.25, 0.3) is 0 Å². The second kappa shape index (κ2) is 7.50. The number of nitrogens with zero attached hydrogens (tertiary/aromatic N) is 3. The lowest BCUT2D eigenvalue weighted by Gasteiger charge is -2.26. The van der Waals surface area contributed by atoms with E-state index in [0.29, 0.717) is 44.0 Å². The monoisotopic (exact) mass is 390 g/mol. The molecule has 1 aromatic heterocycles. The van der Waals surface area contributed by atoms with Crippen molar-refractivity contribution >= 4 is 11.6 Å². The van der Waals surface area contributed by atoms with E-state index in [4.69, 9.17) is 4.74 Å². The number of hydrogen-bond acceptors (Lipinski definition) is 4. The summed E-state index contributed by atoms with van der Waals surface area (Å²) in [6, 6.07) is 3.92. The third kappa shape index (κ3) is 3.48. The van der Waals surface area contributed by atoms with Gasteiger partial charge in [-0.3, -0.25) is 9.89 Å². The van der Waals surface area contributed by atoms with E-state index in [9.17, 15) is 13.6 Å². The fraction of sp³-hybridized carbons (Fsp3) is 0.500. The average Bonchev–Trinajstić information content (AvgIpc) is 2.93. The van der Waals surface area contributed by atoms with Crippen LogP contribution in [0.15, 0.2) is 18.2 Å². The molecule has 0 spiro atoms. The largest absolute Gasteiger partial charge is 0.370 e. The molecule has 1 aromatic carbocycles. The number of carbonyl (C=O) groups is 1. The summed E-state index contributed by atoms with van der Waals surface area (Å²) in [5.74, 6) is -1.81. The van der Waals surface area contributed by atoms with Gasteiger partial charge in [-0.15, -0.1) is 0 Å². The normalized spacial score (nSPS) is 22.7. The van der Waals surface area contributed by atoms with Gasteiger partial charge in [-0.05, 0) is 32.4 Å². The number of benzene rings is 1. The van der Waals surface area contributed by atoms with Crippen molar-refractivity contribution < 1.29 is 18.3 Å². The summed E-state index contributed by atoms with van der Waals surface area (Å²) in [6.45, 7) is 6.27. The quantitative estimate of drug-likeness (QED) is 0.856. The fourth-order valence-corrected chi connectivity index (χ4v) is 4.06. The highest BCUT2D eigenvalue weighted by atomic mass is 19.2. The van der Waals surface area contributed by atoms with E-state index in [2.05, 4.69) is 10.2 Å². The van der Waals surface area contributed by atoms with Crippen LogP contribution in [-0.4, -0.2) is 53.3 Å². The topological polar surface area (TPSA) is 61.5 Å². The molecular weight excluding hydrogens is 366 g/mol. The molecule has 0 aliphatic carbocycles. The first-order valence-electron chi connectivity index (χ1n) is 9.66. The van der Waals surface area contributed by atoms with Crippen LogP contribution in [0.1, 0.15) is 48.1 Å². The van der Waals surface area contributed by atoms with Crippen molar-refractivity contribution in [2.24, 2.45) is 0 Å². The highest BCUT2D eigenvalue weighted by molar-refractivity contribution is 5.94. The molecule has 2 aliphatic rings. The van der Waals surface area contributed by atoms with Gasteiger partial charge >= 0.3 is 0 Å². The van der Waals surface area contributed by atoms with Crippen LogP contribution >= 0.6 is 0 Å². The van der Waals surface area contributed by atoms with Gasteiger partial charge in [0.15, 0.2) is 17.3 Å². The number of ether oxygens (including phenoxy) is 1. The van der Waals surface area contributed by atoms with Crippen LogP contribution in [0.2, 0.25) is 0 Å². The Morgan fingerprint density at radius 2 is 2.00 bits per heavy atom. The van der Waals surface area contributed by atoms with E-state index in [1.807, 2.05) is 18.7 Å². The van der Waals surface area contributed by atoms with Crippen LogP contribution in [0.5, 0.6) is 0 Å². The first kappa shape index (κ1) is 18.9. The van der Waals surface area contributed by atoms with E-state index in [-0.39, 0.29) is 18.1 Å². The van der Waals surface area contributed by atoms with Gasteiger partial charge in [0.1, 0.15) is 0 Å². The molecule has 0 radical (unpaired) electrons. The number of aromatic amines is 1. The summed E-state index contributed by atoms with van der Waals surface area (Å²) in [6.07, 6.45) is 1.33. The number of rotatable bonds is 2. The first-order chi connectivity index (χ1) is 13.4. The van der Waals surface area contributed by atoms with Gasteiger partial charge in [0.25, 0.3) is 5.91 Å². The third-order valence-corrected chi connectivity index (χ3v) is 5.49. The van der Waals surface area contributed by atoms with Crippen LogP contribution in [0, 0.1) is 11.6 Å². The van der Waals surface area contributed by atoms with Crippen molar-refractivity contribution in [1.29, 1.82) is 0 Å². The first-order valence-corrected chi connectivity index (χ1v) is 9.66. The molecule has 2 aliphatic heterocycles. The fourth-order valence-electron chi connectivity index (χ4n) is 4.06. The minimum Gasteiger partial charge on any atom is -0.370 e. The molecule has 2 atom stereocenters. The highest BCUT2D eigenvalue weighted by Crippen LogP contribution is 2.31. The molecule has 8 heteroatoms. The molecule has 4 rings (SSSR count). The van der Waals surface area contributed by atoms with Crippen molar-refractivity contribution in [3.8, 4) is 0 Å². The molecule has 1 N–H and O–H groups in total. The minimum atomic E-state index is -0.858. The van der Waals surface area contributed by atoms with Gasteiger partial charge in [-0.2, -0.15) is 5.10 Å². The van der Waals surface area contributed by atoms with E-state index >= 15 is 0 Å².